The lowest BCUT2D eigenvalue weighted by Gasteiger charge is -2.41. The predicted molar refractivity (Wildman–Crippen MR) is 70.4 cm³/mol. The normalized spacial score (nSPS) is 29.4. The van der Waals surface area contributed by atoms with Gasteiger partial charge in [-0.3, -0.25) is 0 Å². The first kappa shape index (κ1) is 14.0. The lowest BCUT2D eigenvalue weighted by molar-refractivity contribution is 0.0521. The maximum absolute atomic E-state index is 9.59. The van der Waals surface area contributed by atoms with Crippen LogP contribution in [0.5, 0.6) is 0 Å². The maximum Gasteiger partial charge on any atom is 0.0517 e. The van der Waals surface area contributed by atoms with E-state index >= 15 is 0 Å². The molecule has 1 aliphatic carbocycles. The summed E-state index contributed by atoms with van der Waals surface area (Å²) in [5, 5.41) is 9.59. The van der Waals surface area contributed by atoms with Gasteiger partial charge in [-0.25, -0.2) is 0 Å². The first-order valence-electron chi connectivity index (χ1n) is 7.01. The fourth-order valence-corrected chi connectivity index (χ4v) is 3.47. The second-order valence-electron chi connectivity index (χ2n) is 6.91. The van der Waals surface area contributed by atoms with E-state index in [2.05, 4.69) is 27.7 Å². The molecule has 0 amide bonds. The van der Waals surface area contributed by atoms with Crippen LogP contribution in [0.15, 0.2) is 0 Å². The molecule has 0 aliphatic heterocycles. The van der Waals surface area contributed by atoms with Crippen LogP contribution in [0.2, 0.25) is 0 Å². The quantitative estimate of drug-likeness (QED) is 0.760. The lowest BCUT2D eigenvalue weighted by atomic mass is 9.64. The Morgan fingerprint density at radius 3 is 2.31 bits per heavy atom. The van der Waals surface area contributed by atoms with Crippen LogP contribution in [0.4, 0.5) is 0 Å². The van der Waals surface area contributed by atoms with Gasteiger partial charge < -0.3 is 5.11 Å². The van der Waals surface area contributed by atoms with Gasteiger partial charge in [0.15, 0.2) is 0 Å². The molecular weight excluding hydrogens is 196 g/mol. The number of rotatable bonds is 4. The third kappa shape index (κ3) is 3.76. The highest BCUT2D eigenvalue weighted by Gasteiger charge is 2.35. The van der Waals surface area contributed by atoms with Crippen molar-refractivity contribution in [3.8, 4) is 0 Å². The van der Waals surface area contributed by atoms with Crippen molar-refractivity contribution in [1.82, 2.24) is 0 Å². The lowest BCUT2D eigenvalue weighted by Crippen LogP contribution is -2.33. The van der Waals surface area contributed by atoms with Crippen LogP contribution in [-0.4, -0.2) is 11.2 Å². The van der Waals surface area contributed by atoms with E-state index in [1.165, 1.54) is 25.7 Å². The first-order valence-corrected chi connectivity index (χ1v) is 7.01. The monoisotopic (exact) mass is 226 g/mol. The molecule has 16 heavy (non-hydrogen) atoms. The summed E-state index contributed by atoms with van der Waals surface area (Å²) in [5.74, 6) is 2.54. The van der Waals surface area contributed by atoms with Gasteiger partial charge in [-0.15, -0.1) is 0 Å². The third-order valence-corrected chi connectivity index (χ3v) is 4.58. The summed E-state index contributed by atoms with van der Waals surface area (Å²) in [6, 6.07) is 0. The van der Waals surface area contributed by atoms with E-state index in [0.717, 1.165) is 24.2 Å². The van der Waals surface area contributed by atoms with Gasteiger partial charge in [0.1, 0.15) is 0 Å². The van der Waals surface area contributed by atoms with Crippen LogP contribution in [0.1, 0.15) is 66.7 Å². The molecule has 0 radical (unpaired) electrons. The van der Waals surface area contributed by atoms with E-state index in [9.17, 15) is 5.11 Å². The SMILES string of the molecule is CC(O)CC(C)(C)C1CCCC(C(C)C)C1. The van der Waals surface area contributed by atoms with Crippen molar-refractivity contribution >= 4 is 0 Å². The zero-order valence-electron chi connectivity index (χ0n) is 11.8. The van der Waals surface area contributed by atoms with Crippen LogP contribution >= 0.6 is 0 Å². The minimum atomic E-state index is -0.158. The molecule has 3 unspecified atom stereocenters. The molecule has 1 aliphatic rings. The Kier molecular flexibility index (Phi) is 4.85. The van der Waals surface area contributed by atoms with E-state index in [0.29, 0.717) is 5.41 Å². The summed E-state index contributed by atoms with van der Waals surface area (Å²) >= 11 is 0. The molecule has 1 saturated carbocycles. The second kappa shape index (κ2) is 5.53. The highest BCUT2D eigenvalue weighted by Crippen LogP contribution is 2.44. The van der Waals surface area contributed by atoms with Crippen LogP contribution in [0.25, 0.3) is 0 Å². The minimum absolute atomic E-state index is 0.158. The zero-order valence-corrected chi connectivity index (χ0v) is 11.8. The fourth-order valence-electron chi connectivity index (χ4n) is 3.47. The van der Waals surface area contributed by atoms with Gasteiger partial charge in [0.2, 0.25) is 0 Å². The molecule has 1 rings (SSSR count). The Morgan fingerprint density at radius 2 is 1.81 bits per heavy atom. The molecule has 0 spiro atoms. The molecule has 0 aromatic carbocycles. The summed E-state index contributed by atoms with van der Waals surface area (Å²) in [4.78, 5) is 0. The molecule has 1 heteroatoms. The van der Waals surface area contributed by atoms with Crippen molar-refractivity contribution in [3.05, 3.63) is 0 Å². The van der Waals surface area contributed by atoms with Crippen molar-refractivity contribution in [2.75, 3.05) is 0 Å². The molecule has 0 bridgehead atoms. The molecule has 0 heterocycles. The number of aliphatic hydroxyl groups is 1. The second-order valence-corrected chi connectivity index (χ2v) is 6.91. The zero-order chi connectivity index (χ0) is 12.3. The van der Waals surface area contributed by atoms with Crippen molar-refractivity contribution < 1.29 is 5.11 Å². The highest BCUT2D eigenvalue weighted by molar-refractivity contribution is 4.85. The summed E-state index contributed by atoms with van der Waals surface area (Å²) < 4.78 is 0. The Bertz CT molecular complexity index is 205. The number of hydrogen-bond donors (Lipinski definition) is 1. The molecule has 3 atom stereocenters. The van der Waals surface area contributed by atoms with Gasteiger partial charge in [-0.2, -0.15) is 0 Å². The summed E-state index contributed by atoms with van der Waals surface area (Å²) in [6.45, 7) is 11.3. The maximum atomic E-state index is 9.59. The predicted octanol–water partition coefficient (Wildman–Crippen LogP) is 4.25. The summed E-state index contributed by atoms with van der Waals surface area (Å²) in [6.07, 6.45) is 6.33. The Hall–Kier alpha value is -0.0400. The smallest absolute Gasteiger partial charge is 0.0517 e. The molecule has 0 saturated heterocycles. The van der Waals surface area contributed by atoms with Gasteiger partial charge in [0.05, 0.1) is 6.10 Å². The van der Waals surface area contributed by atoms with Crippen LogP contribution in [0, 0.1) is 23.2 Å². The van der Waals surface area contributed by atoms with Crippen LogP contribution in [0.3, 0.4) is 0 Å². The van der Waals surface area contributed by atoms with Crippen LogP contribution in [-0.2, 0) is 0 Å². The first-order chi connectivity index (χ1) is 7.33. The minimum Gasteiger partial charge on any atom is -0.393 e. The van der Waals surface area contributed by atoms with Gasteiger partial charge >= 0.3 is 0 Å². The molecule has 1 fully saturated rings. The summed E-state index contributed by atoms with van der Waals surface area (Å²) in [5.41, 5.74) is 0.307. The Balaban J connectivity index is 2.58. The van der Waals surface area contributed by atoms with Crippen molar-refractivity contribution in [1.29, 1.82) is 0 Å². The highest BCUT2D eigenvalue weighted by atomic mass is 16.3. The van der Waals surface area contributed by atoms with E-state index in [4.69, 9.17) is 0 Å². The Morgan fingerprint density at radius 1 is 1.19 bits per heavy atom. The average molecular weight is 226 g/mol. The number of aliphatic hydroxyl groups excluding tert-OH is 1. The van der Waals surface area contributed by atoms with Gasteiger partial charge in [0, 0.05) is 0 Å². The van der Waals surface area contributed by atoms with Gasteiger partial charge in [-0.1, -0.05) is 40.5 Å². The third-order valence-electron chi connectivity index (χ3n) is 4.58. The van der Waals surface area contributed by atoms with Crippen molar-refractivity contribution in [3.63, 3.8) is 0 Å². The molecule has 1 nitrogen and oxygen atoms in total. The van der Waals surface area contributed by atoms with Crippen molar-refractivity contribution in [2.45, 2.75) is 72.8 Å². The van der Waals surface area contributed by atoms with Crippen molar-refractivity contribution in [2.24, 2.45) is 23.2 Å². The standard InChI is InChI=1S/C15H30O/c1-11(2)13-7-6-8-14(9-13)15(4,5)10-12(3)16/h11-14,16H,6-10H2,1-5H3. The van der Waals surface area contributed by atoms with Gasteiger partial charge in [-0.05, 0) is 49.4 Å². The fraction of sp³-hybridized carbons (Fsp3) is 1.00. The number of hydrogen-bond acceptors (Lipinski definition) is 1. The van der Waals surface area contributed by atoms with Gasteiger partial charge in [0.25, 0.3) is 0 Å². The molecular formula is C15H30O. The average Bonchev–Trinajstić information content (AvgIpc) is 2.16. The molecule has 0 aromatic heterocycles. The Labute approximate surface area is 102 Å². The van der Waals surface area contributed by atoms with Crippen LogP contribution < -0.4 is 0 Å². The molecule has 0 aromatic rings. The van der Waals surface area contributed by atoms with E-state index in [1.54, 1.807) is 0 Å². The summed E-state index contributed by atoms with van der Waals surface area (Å²) in [7, 11) is 0. The topological polar surface area (TPSA) is 20.2 Å². The largest absolute Gasteiger partial charge is 0.393 e. The van der Waals surface area contributed by atoms with E-state index in [-0.39, 0.29) is 6.10 Å². The molecule has 1 N–H and O–H groups in total. The van der Waals surface area contributed by atoms with E-state index < -0.39 is 0 Å². The molecule has 96 valence electrons. The van der Waals surface area contributed by atoms with E-state index in [1.807, 2.05) is 6.92 Å².